The lowest BCUT2D eigenvalue weighted by molar-refractivity contribution is -0.199. The van der Waals surface area contributed by atoms with E-state index in [4.69, 9.17) is 0 Å². The van der Waals surface area contributed by atoms with Gasteiger partial charge in [-0.2, -0.15) is 0 Å². The number of rotatable bonds is 8. The number of hydrogen-bond donors (Lipinski definition) is 0. The van der Waals surface area contributed by atoms with Gasteiger partial charge < -0.3 is 0 Å². The van der Waals surface area contributed by atoms with Crippen LogP contribution in [0.1, 0.15) is 179 Å². The second-order valence-corrected chi connectivity index (χ2v) is 19.2. The minimum absolute atomic E-state index is 0.787. The quantitative estimate of drug-likeness (QED) is 0.286. The van der Waals surface area contributed by atoms with Crippen molar-refractivity contribution < 1.29 is 0 Å². The molecule has 8 aliphatic carbocycles. The molecular weight excluding hydrogens is 468 g/mol. The molecule has 0 saturated heterocycles. The molecule has 8 aliphatic rings. The van der Waals surface area contributed by atoms with Crippen molar-refractivity contribution in [2.45, 2.75) is 179 Å². The predicted octanol–water partition coefficient (Wildman–Crippen LogP) is 13.0. The first kappa shape index (κ1) is 33.5. The Bertz CT molecular complexity index is 705. The summed E-state index contributed by atoms with van der Waals surface area (Å²) in [7, 11) is 0. The normalized spacial score (nSPS) is 42.5. The summed E-state index contributed by atoms with van der Waals surface area (Å²) in [5.41, 5.74) is 3.27. The Hall–Kier alpha value is 0. The second kappa shape index (κ2) is 13.1. The van der Waals surface area contributed by atoms with Crippen molar-refractivity contribution >= 4 is 0 Å². The molecule has 0 heterocycles. The van der Waals surface area contributed by atoms with Gasteiger partial charge in [0, 0.05) is 0 Å². The van der Waals surface area contributed by atoms with Gasteiger partial charge >= 0.3 is 0 Å². The first-order valence-corrected chi connectivity index (χ1v) is 18.0. The molecule has 0 aromatic heterocycles. The van der Waals surface area contributed by atoms with Gasteiger partial charge in [-0.3, -0.25) is 0 Å². The fraction of sp³-hybridized carbons (Fsp3) is 1.00. The lowest BCUT2D eigenvalue weighted by Crippen LogP contribution is -2.60. The topological polar surface area (TPSA) is 0 Å². The van der Waals surface area contributed by atoms with E-state index in [1.807, 2.05) is 0 Å². The Labute approximate surface area is 248 Å². The van der Waals surface area contributed by atoms with Gasteiger partial charge in [-0.1, -0.05) is 89.5 Å². The van der Waals surface area contributed by atoms with Gasteiger partial charge in [0.15, 0.2) is 0 Å². The summed E-state index contributed by atoms with van der Waals surface area (Å²) in [4.78, 5) is 0. The average Bonchev–Trinajstić information content (AvgIpc) is 3.20. The van der Waals surface area contributed by atoms with E-state index < -0.39 is 0 Å². The summed E-state index contributed by atoms with van der Waals surface area (Å²) in [6.45, 7) is 28.4. The summed E-state index contributed by atoms with van der Waals surface area (Å²) in [6.07, 6.45) is 22.6. The molecule has 0 N–H and O–H groups in total. The molecule has 4 bridgehead atoms. The lowest BCUT2D eigenvalue weighted by atomic mass is 9.34. The summed E-state index contributed by atoms with van der Waals surface area (Å²) in [6, 6.07) is 0. The zero-order chi connectivity index (χ0) is 29.2. The van der Waals surface area contributed by atoms with E-state index in [1.165, 1.54) is 96.3 Å². The third-order valence-corrected chi connectivity index (χ3v) is 11.8. The molecule has 8 fully saturated rings. The van der Waals surface area contributed by atoms with Crippen LogP contribution < -0.4 is 0 Å². The van der Waals surface area contributed by atoms with Crippen molar-refractivity contribution in [2.24, 2.45) is 69.0 Å². The maximum absolute atomic E-state index is 2.47. The van der Waals surface area contributed by atoms with E-state index in [9.17, 15) is 0 Å². The SMILES string of the molecule is CC(C)CC12CC(C)(C1)C2.CC(C)CC12CCC(C)(C1)C2.CC(C)CC1CC(C)C1.CC(C)CC1CCC1C. The van der Waals surface area contributed by atoms with Gasteiger partial charge in [0.25, 0.3) is 0 Å². The summed E-state index contributed by atoms with van der Waals surface area (Å²) in [5.74, 6) is 7.90. The van der Waals surface area contributed by atoms with E-state index in [0.717, 1.165) is 69.0 Å². The molecule has 0 amide bonds. The Kier molecular flexibility index (Phi) is 11.3. The smallest absolute Gasteiger partial charge is 0.0280 e. The number of fused-ring (bicyclic) bond motifs is 1. The highest BCUT2D eigenvalue weighted by Crippen LogP contribution is 2.75. The van der Waals surface area contributed by atoms with Crippen molar-refractivity contribution in [1.82, 2.24) is 0 Å². The van der Waals surface area contributed by atoms with Gasteiger partial charge in [-0.15, -0.1) is 0 Å². The van der Waals surface area contributed by atoms with Crippen LogP contribution in [0.2, 0.25) is 0 Å². The maximum Gasteiger partial charge on any atom is -0.0280 e. The van der Waals surface area contributed by atoms with Crippen LogP contribution in [0, 0.1) is 69.0 Å². The van der Waals surface area contributed by atoms with Crippen molar-refractivity contribution in [1.29, 1.82) is 0 Å². The van der Waals surface area contributed by atoms with Crippen LogP contribution in [0.15, 0.2) is 0 Å². The molecule has 8 saturated carbocycles. The number of hydrogen-bond acceptors (Lipinski definition) is 0. The minimum Gasteiger partial charge on any atom is -0.0628 e. The van der Waals surface area contributed by atoms with Crippen LogP contribution in [0.5, 0.6) is 0 Å². The van der Waals surface area contributed by atoms with E-state index >= 15 is 0 Å². The molecule has 0 heteroatoms. The van der Waals surface area contributed by atoms with Crippen LogP contribution in [-0.2, 0) is 0 Å². The zero-order valence-corrected chi connectivity index (χ0v) is 29.2. The molecule has 0 aliphatic heterocycles. The van der Waals surface area contributed by atoms with E-state index in [2.05, 4.69) is 83.1 Å². The van der Waals surface area contributed by atoms with E-state index in [1.54, 1.807) is 0 Å². The molecule has 0 nitrogen and oxygen atoms in total. The Morgan fingerprint density at radius 2 is 1.05 bits per heavy atom. The minimum atomic E-state index is 0.787. The van der Waals surface area contributed by atoms with Crippen molar-refractivity contribution in [3.63, 3.8) is 0 Å². The van der Waals surface area contributed by atoms with Gasteiger partial charge in [-0.05, 0) is 159 Å². The predicted molar refractivity (Wildman–Crippen MR) is 175 cm³/mol. The van der Waals surface area contributed by atoms with Crippen molar-refractivity contribution in [3.8, 4) is 0 Å². The molecule has 2 atom stereocenters. The molecular formula is C39H74. The molecule has 0 spiro atoms. The fourth-order valence-corrected chi connectivity index (χ4v) is 11.1. The molecule has 39 heavy (non-hydrogen) atoms. The highest BCUT2D eigenvalue weighted by molar-refractivity contribution is 5.14. The van der Waals surface area contributed by atoms with Gasteiger partial charge in [0.05, 0.1) is 0 Å². The third kappa shape index (κ3) is 9.50. The Morgan fingerprint density at radius 3 is 1.33 bits per heavy atom. The summed E-state index contributed by atoms with van der Waals surface area (Å²) in [5, 5.41) is 0. The van der Waals surface area contributed by atoms with Crippen LogP contribution in [0.4, 0.5) is 0 Å². The summed E-state index contributed by atoms with van der Waals surface area (Å²) >= 11 is 0. The first-order chi connectivity index (χ1) is 18.0. The lowest BCUT2D eigenvalue weighted by Gasteiger charge is -2.70. The standard InChI is InChI=1S/C11H20.C10H18.2C9H18/c1-9(2)6-11-5-4-10(3,7-11)8-11;1-8(2)4-10-5-9(3,6-10)7-10;1-7(2)4-9-5-8(3)6-9;1-7(2)6-9-5-4-8(9)3/h9H,4-8H2,1-3H3;8H,4-7H2,1-3H3;2*7-9H,4-6H2,1-3H3. The highest BCUT2D eigenvalue weighted by Gasteiger charge is 2.64. The van der Waals surface area contributed by atoms with Crippen LogP contribution in [0.3, 0.4) is 0 Å². The Morgan fingerprint density at radius 1 is 0.564 bits per heavy atom. The largest absolute Gasteiger partial charge is 0.0628 e. The fourth-order valence-electron chi connectivity index (χ4n) is 11.1. The molecule has 2 unspecified atom stereocenters. The average molecular weight is 543 g/mol. The van der Waals surface area contributed by atoms with Crippen molar-refractivity contribution in [3.05, 3.63) is 0 Å². The first-order valence-electron chi connectivity index (χ1n) is 18.0. The zero-order valence-electron chi connectivity index (χ0n) is 29.2. The maximum atomic E-state index is 2.47. The molecule has 0 aromatic rings. The molecule has 230 valence electrons. The molecule has 0 aromatic carbocycles. The highest BCUT2D eigenvalue weighted by atomic mass is 14.7. The second-order valence-electron chi connectivity index (χ2n) is 19.2. The van der Waals surface area contributed by atoms with E-state index in [-0.39, 0.29) is 0 Å². The van der Waals surface area contributed by atoms with Crippen LogP contribution in [-0.4, -0.2) is 0 Å². The molecule has 0 radical (unpaired) electrons. The van der Waals surface area contributed by atoms with Gasteiger partial charge in [-0.25, -0.2) is 0 Å². The van der Waals surface area contributed by atoms with Gasteiger partial charge in [0.2, 0.25) is 0 Å². The molecule has 8 rings (SSSR count). The van der Waals surface area contributed by atoms with Crippen LogP contribution >= 0.6 is 0 Å². The summed E-state index contributed by atoms with van der Waals surface area (Å²) < 4.78 is 0. The van der Waals surface area contributed by atoms with Crippen LogP contribution in [0.25, 0.3) is 0 Å². The van der Waals surface area contributed by atoms with Gasteiger partial charge in [0.1, 0.15) is 0 Å². The monoisotopic (exact) mass is 543 g/mol. The van der Waals surface area contributed by atoms with Crippen molar-refractivity contribution in [2.75, 3.05) is 0 Å². The van der Waals surface area contributed by atoms with E-state index in [0.29, 0.717) is 0 Å². The third-order valence-electron chi connectivity index (χ3n) is 11.8. The Balaban J connectivity index is 0.000000144.